The zero-order valence-corrected chi connectivity index (χ0v) is 10.8. The molecule has 0 saturated carbocycles. The Morgan fingerprint density at radius 3 is 2.67 bits per heavy atom. The molecule has 0 aromatic carbocycles. The van der Waals surface area contributed by atoms with Crippen LogP contribution in [0, 0.1) is 0 Å². The molecule has 1 aromatic rings. The van der Waals surface area contributed by atoms with Gasteiger partial charge in [0.1, 0.15) is 0 Å². The third-order valence-electron chi connectivity index (χ3n) is 2.44. The monoisotopic (exact) mass is 324 g/mol. The zero-order chi connectivity index (χ0) is 15.8. The molecule has 11 heteroatoms. The largest absolute Gasteiger partial charge is 0.525 e. The number of hydroxylamine groups is 1. The van der Waals surface area contributed by atoms with Gasteiger partial charge in [0.05, 0.1) is 12.1 Å². The number of nitrogens with zero attached hydrogens (tertiary/aromatic N) is 2. The lowest BCUT2D eigenvalue weighted by Gasteiger charge is -2.26. The summed E-state index contributed by atoms with van der Waals surface area (Å²) in [4.78, 5) is 14.6. The standard InChI is InChI=1S/C10H7F3N2O5S/c11-10(12,13)21(18,19)20-15-5-7(9(16)17)4-6-2-1-3-14-8(6)15/h1-4H,5H2,(H,16,17). The fourth-order valence-electron chi connectivity index (χ4n) is 1.55. The number of halogens is 3. The molecule has 1 aliphatic rings. The van der Waals surface area contributed by atoms with Crippen LogP contribution in [0.2, 0.25) is 0 Å². The van der Waals surface area contributed by atoms with Gasteiger partial charge in [-0.15, -0.1) is 4.28 Å². The number of hydrogen-bond donors (Lipinski definition) is 1. The summed E-state index contributed by atoms with van der Waals surface area (Å²) in [6.07, 6.45) is 2.37. The number of aliphatic carboxylic acids is 1. The lowest BCUT2D eigenvalue weighted by atomic mass is 10.1. The molecular formula is C10H7F3N2O5S. The maximum absolute atomic E-state index is 12.3. The Kier molecular flexibility index (Phi) is 3.63. The van der Waals surface area contributed by atoms with Gasteiger partial charge < -0.3 is 5.11 Å². The number of hydrogen-bond acceptors (Lipinski definition) is 6. The molecule has 7 nitrogen and oxygen atoms in total. The Hall–Kier alpha value is -2.14. The average molecular weight is 324 g/mol. The highest BCUT2D eigenvalue weighted by Crippen LogP contribution is 2.31. The molecule has 21 heavy (non-hydrogen) atoms. The first kappa shape index (κ1) is 15.3. The van der Waals surface area contributed by atoms with Crippen LogP contribution >= 0.6 is 0 Å². The van der Waals surface area contributed by atoms with E-state index in [-0.39, 0.29) is 22.0 Å². The number of rotatable bonds is 3. The summed E-state index contributed by atoms with van der Waals surface area (Å²) in [5.74, 6) is -1.64. The van der Waals surface area contributed by atoms with E-state index in [0.717, 1.165) is 0 Å². The second-order valence-electron chi connectivity index (χ2n) is 3.90. The van der Waals surface area contributed by atoms with Gasteiger partial charge in [0, 0.05) is 11.8 Å². The molecule has 114 valence electrons. The van der Waals surface area contributed by atoms with Crippen molar-refractivity contribution in [1.82, 2.24) is 4.98 Å². The van der Waals surface area contributed by atoms with Crippen molar-refractivity contribution in [2.75, 3.05) is 11.6 Å². The third-order valence-corrected chi connectivity index (χ3v) is 3.39. The summed E-state index contributed by atoms with van der Waals surface area (Å²) in [5.41, 5.74) is -5.85. The van der Waals surface area contributed by atoms with E-state index in [4.69, 9.17) is 5.11 Å². The molecule has 0 spiro atoms. The minimum absolute atomic E-state index is 0.124. The fraction of sp³-hybridized carbons (Fsp3) is 0.200. The van der Waals surface area contributed by atoms with Crippen molar-refractivity contribution in [3.8, 4) is 0 Å². The minimum atomic E-state index is -5.92. The molecule has 1 aliphatic heterocycles. The van der Waals surface area contributed by atoms with E-state index in [2.05, 4.69) is 9.27 Å². The van der Waals surface area contributed by atoms with Crippen LogP contribution in [0.1, 0.15) is 5.56 Å². The predicted molar refractivity (Wildman–Crippen MR) is 63.3 cm³/mol. The number of carboxylic acid groups (broad SMARTS) is 1. The van der Waals surface area contributed by atoms with Gasteiger partial charge in [0.2, 0.25) is 0 Å². The quantitative estimate of drug-likeness (QED) is 0.833. The number of pyridine rings is 1. The molecule has 2 heterocycles. The van der Waals surface area contributed by atoms with Crippen LogP contribution < -0.4 is 5.06 Å². The molecule has 2 rings (SSSR count). The smallest absolute Gasteiger partial charge is 0.478 e. The van der Waals surface area contributed by atoms with Crippen molar-refractivity contribution >= 4 is 28.0 Å². The van der Waals surface area contributed by atoms with E-state index < -0.39 is 28.1 Å². The van der Waals surface area contributed by atoms with Crippen LogP contribution in [0.5, 0.6) is 0 Å². The van der Waals surface area contributed by atoms with Gasteiger partial charge in [-0.1, -0.05) is 0 Å². The van der Waals surface area contributed by atoms with E-state index in [9.17, 15) is 26.4 Å². The van der Waals surface area contributed by atoms with Crippen molar-refractivity contribution in [2.45, 2.75) is 5.51 Å². The first-order chi connectivity index (χ1) is 9.62. The topological polar surface area (TPSA) is 96.8 Å². The van der Waals surface area contributed by atoms with E-state index in [0.29, 0.717) is 0 Å². The van der Waals surface area contributed by atoms with Gasteiger partial charge in [0.25, 0.3) is 0 Å². The number of carbonyl (C=O) groups is 1. The Morgan fingerprint density at radius 1 is 1.43 bits per heavy atom. The van der Waals surface area contributed by atoms with Gasteiger partial charge in [-0.3, -0.25) is 0 Å². The SMILES string of the molecule is O=C(O)C1=Cc2cccnc2N(OS(=O)(=O)C(F)(F)F)C1. The van der Waals surface area contributed by atoms with Crippen LogP contribution in [0.25, 0.3) is 6.08 Å². The van der Waals surface area contributed by atoms with Crippen molar-refractivity contribution < 1.29 is 35.8 Å². The minimum Gasteiger partial charge on any atom is -0.478 e. The van der Waals surface area contributed by atoms with Crippen LogP contribution in [0.15, 0.2) is 23.9 Å². The zero-order valence-electron chi connectivity index (χ0n) is 10.0. The number of carboxylic acids is 1. The van der Waals surface area contributed by atoms with E-state index in [1.807, 2.05) is 0 Å². The molecule has 0 radical (unpaired) electrons. The van der Waals surface area contributed by atoms with Crippen LogP contribution in [-0.4, -0.2) is 36.5 Å². The second kappa shape index (κ2) is 5.00. The summed E-state index contributed by atoms with van der Waals surface area (Å²) in [5, 5.41) is 9.18. The van der Waals surface area contributed by atoms with Crippen LogP contribution in [0.3, 0.4) is 0 Å². The summed E-state index contributed by atoms with van der Waals surface area (Å²) < 4.78 is 63.0. The average Bonchev–Trinajstić information content (AvgIpc) is 2.36. The Bertz CT molecular complexity index is 714. The third kappa shape index (κ3) is 2.97. The van der Waals surface area contributed by atoms with E-state index in [1.54, 1.807) is 0 Å². The highest BCUT2D eigenvalue weighted by Gasteiger charge is 2.49. The van der Waals surface area contributed by atoms with E-state index in [1.165, 1.54) is 24.4 Å². The highest BCUT2D eigenvalue weighted by atomic mass is 32.2. The molecule has 0 bridgehead atoms. The lowest BCUT2D eigenvalue weighted by Crippen LogP contribution is -2.38. The second-order valence-corrected chi connectivity index (χ2v) is 5.42. The Labute approximate surface area is 116 Å². The summed E-state index contributed by atoms with van der Waals surface area (Å²) in [6, 6.07) is 2.78. The first-order valence-corrected chi connectivity index (χ1v) is 6.70. The molecule has 0 atom stereocenters. The maximum atomic E-state index is 12.3. The Balaban J connectivity index is 2.42. The van der Waals surface area contributed by atoms with Crippen molar-refractivity contribution in [1.29, 1.82) is 0 Å². The van der Waals surface area contributed by atoms with Crippen molar-refractivity contribution in [2.24, 2.45) is 0 Å². The molecule has 0 unspecified atom stereocenters. The van der Waals surface area contributed by atoms with Gasteiger partial charge in [-0.05, 0) is 18.2 Å². The van der Waals surface area contributed by atoms with Gasteiger partial charge in [0.15, 0.2) is 5.82 Å². The van der Waals surface area contributed by atoms with Gasteiger partial charge in [-0.2, -0.15) is 21.6 Å². The van der Waals surface area contributed by atoms with Crippen molar-refractivity contribution in [3.63, 3.8) is 0 Å². The first-order valence-electron chi connectivity index (χ1n) is 5.29. The molecule has 0 fully saturated rings. The van der Waals surface area contributed by atoms with Crippen LogP contribution in [0.4, 0.5) is 19.0 Å². The molecule has 1 N–H and O–H groups in total. The lowest BCUT2D eigenvalue weighted by molar-refractivity contribution is -0.132. The number of alkyl halides is 3. The van der Waals surface area contributed by atoms with Crippen LogP contribution in [-0.2, 0) is 19.2 Å². The number of aromatic nitrogens is 1. The van der Waals surface area contributed by atoms with Crippen molar-refractivity contribution in [3.05, 3.63) is 29.5 Å². The molecule has 0 saturated heterocycles. The summed E-state index contributed by atoms with van der Waals surface area (Å²) in [7, 11) is -5.92. The normalized spacial score (nSPS) is 15.4. The Morgan fingerprint density at radius 2 is 2.10 bits per heavy atom. The van der Waals surface area contributed by atoms with Gasteiger partial charge in [-0.25, -0.2) is 14.8 Å². The highest BCUT2D eigenvalue weighted by molar-refractivity contribution is 7.87. The summed E-state index contributed by atoms with van der Waals surface area (Å²) in [6.45, 7) is -0.700. The number of fused-ring (bicyclic) bond motifs is 1. The molecule has 0 amide bonds. The van der Waals surface area contributed by atoms with Gasteiger partial charge >= 0.3 is 21.6 Å². The summed E-state index contributed by atoms with van der Waals surface area (Å²) >= 11 is 0. The molecular weight excluding hydrogens is 317 g/mol. The number of anilines is 1. The molecule has 0 aliphatic carbocycles. The maximum Gasteiger partial charge on any atom is 0.525 e. The fourth-order valence-corrected chi connectivity index (χ4v) is 1.99. The van der Waals surface area contributed by atoms with E-state index >= 15 is 0 Å². The molecule has 1 aromatic heterocycles. The predicted octanol–water partition coefficient (Wildman–Crippen LogP) is 1.15.